The monoisotopic (exact) mass is 600 g/mol. The van der Waals surface area contributed by atoms with Crippen molar-refractivity contribution in [1.82, 2.24) is 0 Å². The van der Waals surface area contributed by atoms with E-state index in [1.54, 1.807) is 6.07 Å². The number of hydrogen-bond donors (Lipinski definition) is 0. The van der Waals surface area contributed by atoms with Crippen molar-refractivity contribution in [3.8, 4) is 22.3 Å². The van der Waals surface area contributed by atoms with Crippen LogP contribution >= 0.6 is 0 Å². The van der Waals surface area contributed by atoms with E-state index in [1.165, 1.54) is 17.7 Å². The fourth-order valence-corrected chi connectivity index (χ4v) is 7.09. The minimum Gasteiger partial charge on any atom is -0.289 e. The zero-order valence-electron chi connectivity index (χ0n) is 25.7. The quantitative estimate of drug-likeness (QED) is 0.192. The van der Waals surface area contributed by atoms with Gasteiger partial charge in [0, 0.05) is 33.1 Å². The number of benzene rings is 5. The molecule has 0 aliphatic heterocycles. The molecule has 0 radical (unpaired) electrons. The molecule has 0 aromatic heterocycles. The van der Waals surface area contributed by atoms with Crippen LogP contribution in [0.4, 0.5) is 13.2 Å². The smallest absolute Gasteiger partial charge is 0.289 e. The van der Waals surface area contributed by atoms with Crippen molar-refractivity contribution in [2.45, 2.75) is 51.6 Å². The molecule has 0 atom stereocenters. The summed E-state index contributed by atoms with van der Waals surface area (Å²) in [5.41, 5.74) is 10.5. The number of halogens is 3. The molecule has 224 valence electrons. The highest BCUT2D eigenvalue weighted by atomic mass is 19.4. The molecule has 0 saturated carbocycles. The van der Waals surface area contributed by atoms with Gasteiger partial charge in [-0.2, -0.15) is 13.2 Å². The summed E-state index contributed by atoms with van der Waals surface area (Å²) in [6.07, 6.45) is -4.46. The summed E-state index contributed by atoms with van der Waals surface area (Å²) < 4.78 is 39.2. The maximum atomic E-state index is 13.4. The Hall–Kier alpha value is -4.77. The fraction of sp³-hybridized carbons (Fsp3) is 0.200. The minimum atomic E-state index is -4.46. The van der Waals surface area contributed by atoms with Gasteiger partial charge in [0.25, 0.3) is 0 Å². The number of alkyl halides is 3. The van der Waals surface area contributed by atoms with Crippen molar-refractivity contribution in [2.75, 3.05) is 0 Å². The van der Waals surface area contributed by atoms with Crippen LogP contribution < -0.4 is 0 Å². The Kier molecular flexibility index (Phi) is 6.19. The first kappa shape index (κ1) is 29.0. The fourth-order valence-electron chi connectivity index (χ4n) is 7.09. The summed E-state index contributed by atoms with van der Waals surface area (Å²) in [5.74, 6) is -0.310. The number of fused-ring (bicyclic) bond motifs is 6. The van der Waals surface area contributed by atoms with Crippen LogP contribution in [0.25, 0.3) is 22.3 Å². The summed E-state index contributed by atoms with van der Waals surface area (Å²) in [6, 6.07) is 28.2. The van der Waals surface area contributed by atoms with Crippen molar-refractivity contribution in [3.63, 3.8) is 0 Å². The van der Waals surface area contributed by atoms with E-state index in [9.17, 15) is 22.8 Å². The molecule has 0 spiro atoms. The average molecular weight is 601 g/mol. The van der Waals surface area contributed by atoms with E-state index >= 15 is 0 Å². The Morgan fingerprint density at radius 1 is 0.489 bits per heavy atom. The van der Waals surface area contributed by atoms with Crippen molar-refractivity contribution in [3.05, 3.63) is 153 Å². The van der Waals surface area contributed by atoms with Crippen LogP contribution in [0.2, 0.25) is 0 Å². The number of ketones is 2. The Balaban J connectivity index is 1.26. The first-order valence-corrected chi connectivity index (χ1v) is 15.0. The lowest BCUT2D eigenvalue weighted by atomic mass is 9.79. The van der Waals surface area contributed by atoms with Gasteiger partial charge in [-0.1, -0.05) is 93.9 Å². The molecule has 2 aliphatic rings. The van der Waals surface area contributed by atoms with Crippen molar-refractivity contribution in [1.29, 1.82) is 0 Å². The third kappa shape index (κ3) is 4.40. The second-order valence-corrected chi connectivity index (χ2v) is 13.3. The molecule has 0 unspecified atom stereocenters. The number of aryl methyl sites for hydroxylation is 1. The lowest BCUT2D eigenvalue weighted by Gasteiger charge is -2.24. The van der Waals surface area contributed by atoms with Crippen LogP contribution in [0.1, 0.15) is 92.9 Å². The molecular formula is C40H31F3O2. The second-order valence-electron chi connectivity index (χ2n) is 13.3. The molecule has 5 heteroatoms. The molecule has 0 bridgehead atoms. The van der Waals surface area contributed by atoms with Gasteiger partial charge >= 0.3 is 6.18 Å². The molecule has 0 fully saturated rings. The van der Waals surface area contributed by atoms with Crippen LogP contribution in [0, 0.1) is 6.92 Å². The highest BCUT2D eigenvalue weighted by Crippen LogP contribution is 2.56. The topological polar surface area (TPSA) is 34.1 Å². The van der Waals surface area contributed by atoms with Crippen LogP contribution in [-0.4, -0.2) is 11.6 Å². The van der Waals surface area contributed by atoms with Gasteiger partial charge in [0.05, 0.1) is 5.56 Å². The van der Waals surface area contributed by atoms with E-state index in [1.807, 2.05) is 55.5 Å². The zero-order chi connectivity index (χ0) is 32.1. The normalized spacial score (nSPS) is 15.2. The Bertz CT molecular complexity index is 2060. The van der Waals surface area contributed by atoms with Gasteiger partial charge in [-0.25, -0.2) is 0 Å². The summed E-state index contributed by atoms with van der Waals surface area (Å²) in [6.45, 7) is 10.7. The first-order chi connectivity index (χ1) is 21.2. The van der Waals surface area contributed by atoms with Gasteiger partial charge < -0.3 is 0 Å². The van der Waals surface area contributed by atoms with E-state index in [2.05, 4.69) is 45.9 Å². The van der Waals surface area contributed by atoms with E-state index in [0.29, 0.717) is 16.7 Å². The lowest BCUT2D eigenvalue weighted by Crippen LogP contribution is -2.17. The number of hydrogen-bond acceptors (Lipinski definition) is 2. The van der Waals surface area contributed by atoms with Gasteiger partial charge in [-0.05, 0) is 87.8 Å². The second kappa shape index (κ2) is 9.61. The van der Waals surface area contributed by atoms with E-state index in [-0.39, 0.29) is 22.5 Å². The predicted octanol–water partition coefficient (Wildman–Crippen LogP) is 10.1. The van der Waals surface area contributed by atoms with E-state index in [0.717, 1.165) is 56.6 Å². The molecule has 7 rings (SSSR count). The van der Waals surface area contributed by atoms with Crippen LogP contribution in [-0.2, 0) is 17.0 Å². The standard InChI is InChI=1S/C40H31F3O2/c1-22-6-8-23(9-7-22)36(44)25-12-16-28-30-20-35-31(21-34(30)38(2,3)32(28)18-25)29-17-13-26(19-33(29)39(35,4)5)37(45)24-10-14-27(15-11-24)40(41,42)43/h6-21H,1-5H3. The maximum absolute atomic E-state index is 13.4. The largest absolute Gasteiger partial charge is 0.416 e. The SMILES string of the molecule is Cc1ccc(C(=O)c2ccc3c(c2)C(C)(C)c2cc4c(cc2-3)C(C)(C)c2cc(C(=O)c3ccc(C(F)(F)F)cc3)ccc2-4)cc1. The molecule has 0 N–H and O–H groups in total. The summed E-state index contributed by atoms with van der Waals surface area (Å²) in [7, 11) is 0. The number of carbonyl (C=O) groups excluding carboxylic acids is 2. The minimum absolute atomic E-state index is 0.00348. The molecule has 2 aliphatic carbocycles. The van der Waals surface area contributed by atoms with Crippen molar-refractivity contribution >= 4 is 11.6 Å². The zero-order valence-corrected chi connectivity index (χ0v) is 25.7. The molecule has 45 heavy (non-hydrogen) atoms. The average Bonchev–Trinajstić information content (AvgIpc) is 3.38. The van der Waals surface area contributed by atoms with Gasteiger partial charge in [-0.3, -0.25) is 9.59 Å². The highest BCUT2D eigenvalue weighted by molar-refractivity contribution is 6.10. The van der Waals surface area contributed by atoms with Gasteiger partial charge in [0.15, 0.2) is 11.6 Å². The molecule has 5 aromatic carbocycles. The number of rotatable bonds is 4. The maximum Gasteiger partial charge on any atom is 0.416 e. The van der Waals surface area contributed by atoms with Crippen LogP contribution in [0.15, 0.2) is 97.1 Å². The van der Waals surface area contributed by atoms with Crippen LogP contribution in [0.3, 0.4) is 0 Å². The lowest BCUT2D eigenvalue weighted by molar-refractivity contribution is -0.137. The van der Waals surface area contributed by atoms with Gasteiger partial charge in [0.1, 0.15) is 0 Å². The van der Waals surface area contributed by atoms with Gasteiger partial charge in [-0.15, -0.1) is 0 Å². The van der Waals surface area contributed by atoms with Crippen molar-refractivity contribution in [2.24, 2.45) is 0 Å². The number of carbonyl (C=O) groups is 2. The predicted molar refractivity (Wildman–Crippen MR) is 171 cm³/mol. The molecule has 0 amide bonds. The Morgan fingerprint density at radius 3 is 1.24 bits per heavy atom. The molecule has 0 saturated heterocycles. The molecule has 2 nitrogen and oxygen atoms in total. The van der Waals surface area contributed by atoms with Crippen LogP contribution in [0.5, 0.6) is 0 Å². The summed E-state index contributed by atoms with van der Waals surface area (Å²) in [5, 5.41) is 0. The highest BCUT2D eigenvalue weighted by Gasteiger charge is 2.42. The van der Waals surface area contributed by atoms with Crippen molar-refractivity contribution < 1.29 is 22.8 Å². The Morgan fingerprint density at radius 2 is 0.844 bits per heavy atom. The molecule has 0 heterocycles. The van der Waals surface area contributed by atoms with E-state index in [4.69, 9.17) is 0 Å². The summed E-state index contributed by atoms with van der Waals surface area (Å²) >= 11 is 0. The van der Waals surface area contributed by atoms with Gasteiger partial charge in [0.2, 0.25) is 0 Å². The third-order valence-electron chi connectivity index (χ3n) is 9.78. The summed E-state index contributed by atoms with van der Waals surface area (Å²) in [4.78, 5) is 26.7. The third-order valence-corrected chi connectivity index (χ3v) is 9.78. The first-order valence-electron chi connectivity index (χ1n) is 15.0. The Labute approximate surface area is 260 Å². The molecular weight excluding hydrogens is 569 g/mol. The molecule has 5 aromatic rings. The van der Waals surface area contributed by atoms with E-state index < -0.39 is 17.2 Å².